The van der Waals surface area contributed by atoms with Crippen molar-refractivity contribution in [1.29, 1.82) is 0 Å². The highest BCUT2D eigenvalue weighted by Crippen LogP contribution is 2.27. The number of piperazine rings is 1. The van der Waals surface area contributed by atoms with Gasteiger partial charge in [-0.15, -0.1) is 0 Å². The van der Waals surface area contributed by atoms with E-state index in [1.54, 1.807) is 24.3 Å². The van der Waals surface area contributed by atoms with E-state index >= 15 is 0 Å². The number of benzene rings is 1. The van der Waals surface area contributed by atoms with Crippen LogP contribution in [0, 0.1) is 5.41 Å². The fourth-order valence-corrected chi connectivity index (χ4v) is 4.00. The highest BCUT2D eigenvalue weighted by atomic mass is 16.4. The van der Waals surface area contributed by atoms with Gasteiger partial charge in [0.25, 0.3) is 0 Å². The molecule has 2 aromatic rings. The number of carboxylic acids is 1. The van der Waals surface area contributed by atoms with Crippen LogP contribution in [0.5, 0.6) is 0 Å². The predicted molar refractivity (Wildman–Crippen MR) is 138 cm³/mol. The molecule has 0 atom stereocenters. The Balaban J connectivity index is 1.73. The largest absolute Gasteiger partial charge is 0.478 e. The first kappa shape index (κ1) is 25.4. The van der Waals surface area contributed by atoms with Gasteiger partial charge in [0.15, 0.2) is 5.78 Å². The summed E-state index contributed by atoms with van der Waals surface area (Å²) in [5, 5.41) is 9.53. The number of nitrogens with zero attached hydrogens (tertiary/aromatic N) is 3. The van der Waals surface area contributed by atoms with Crippen LogP contribution < -0.4 is 4.90 Å². The van der Waals surface area contributed by atoms with Gasteiger partial charge in [-0.05, 0) is 61.8 Å². The number of hydrogen-bond donors (Lipinski definition) is 1. The summed E-state index contributed by atoms with van der Waals surface area (Å²) in [5.41, 5.74) is 2.62. The number of pyridine rings is 1. The first-order valence-corrected chi connectivity index (χ1v) is 11.8. The van der Waals surface area contributed by atoms with E-state index < -0.39 is 11.4 Å². The van der Waals surface area contributed by atoms with Crippen LogP contribution in [-0.4, -0.2) is 59.0 Å². The molecule has 34 heavy (non-hydrogen) atoms. The number of aliphatic carboxylic acids is 1. The van der Waals surface area contributed by atoms with Crippen molar-refractivity contribution in [3.8, 4) is 0 Å². The smallest absolute Gasteiger partial charge is 0.332 e. The van der Waals surface area contributed by atoms with Gasteiger partial charge in [-0.1, -0.05) is 39.0 Å². The molecular formula is C28H35N3O3. The predicted octanol–water partition coefficient (Wildman–Crippen LogP) is 5.02. The molecule has 180 valence electrons. The average molecular weight is 462 g/mol. The third-order valence-corrected chi connectivity index (χ3v) is 6.07. The molecule has 3 rings (SSSR count). The van der Waals surface area contributed by atoms with Crippen LogP contribution in [0.2, 0.25) is 0 Å². The van der Waals surface area contributed by atoms with Crippen LogP contribution >= 0.6 is 0 Å². The van der Waals surface area contributed by atoms with Crippen LogP contribution in [-0.2, 0) is 4.79 Å². The van der Waals surface area contributed by atoms with Crippen molar-refractivity contribution in [2.75, 3.05) is 31.1 Å². The van der Waals surface area contributed by atoms with Crippen LogP contribution in [0.15, 0.2) is 54.1 Å². The van der Waals surface area contributed by atoms with Crippen molar-refractivity contribution in [2.24, 2.45) is 5.41 Å². The fraction of sp³-hybridized carbons (Fsp3) is 0.393. The van der Waals surface area contributed by atoms with Gasteiger partial charge >= 0.3 is 5.97 Å². The summed E-state index contributed by atoms with van der Waals surface area (Å²) < 4.78 is 0. The molecule has 0 aliphatic carbocycles. The zero-order chi connectivity index (χ0) is 24.9. The Morgan fingerprint density at radius 3 is 2.26 bits per heavy atom. The van der Waals surface area contributed by atoms with Crippen molar-refractivity contribution in [2.45, 2.75) is 40.7 Å². The lowest BCUT2D eigenvalue weighted by Crippen LogP contribution is -2.48. The SMILES string of the molecule is CC(C)N1CCN(c2cccc(C(=O)C=Cc3cccc(C=C(C(=O)O)C(C)(C)C)n3)c2)CC1. The minimum Gasteiger partial charge on any atom is -0.478 e. The minimum atomic E-state index is -0.962. The number of hydrogen-bond acceptors (Lipinski definition) is 5. The second kappa shape index (κ2) is 10.8. The Bertz CT molecular complexity index is 1090. The number of ketones is 1. The summed E-state index contributed by atoms with van der Waals surface area (Å²) in [6.07, 6.45) is 4.78. The number of carbonyl (C=O) groups excluding carboxylic acids is 1. The second-order valence-corrected chi connectivity index (χ2v) is 9.97. The number of carbonyl (C=O) groups is 2. The lowest BCUT2D eigenvalue weighted by Gasteiger charge is -2.38. The van der Waals surface area contributed by atoms with Crippen LogP contribution in [0.4, 0.5) is 5.69 Å². The molecule has 0 bridgehead atoms. The van der Waals surface area contributed by atoms with E-state index in [1.807, 2.05) is 45.0 Å². The van der Waals surface area contributed by atoms with Gasteiger partial charge in [-0.2, -0.15) is 0 Å². The van der Waals surface area contributed by atoms with E-state index in [4.69, 9.17) is 0 Å². The first-order chi connectivity index (χ1) is 16.0. The van der Waals surface area contributed by atoms with Gasteiger partial charge in [-0.25, -0.2) is 9.78 Å². The molecule has 0 radical (unpaired) electrons. The molecule has 0 unspecified atom stereocenters. The molecule has 1 aliphatic rings. The number of aromatic nitrogens is 1. The summed E-state index contributed by atoms with van der Waals surface area (Å²) in [6.45, 7) is 13.9. The Morgan fingerprint density at radius 1 is 1.00 bits per heavy atom. The maximum Gasteiger partial charge on any atom is 0.332 e. The monoisotopic (exact) mass is 461 g/mol. The molecular weight excluding hydrogens is 426 g/mol. The maximum atomic E-state index is 12.8. The van der Waals surface area contributed by atoms with Gasteiger partial charge in [0.05, 0.1) is 11.4 Å². The standard InChI is InChI=1S/C28H35N3O3/c1-20(2)30-14-16-31(17-15-30)24-11-6-8-21(18-24)26(32)13-12-22-9-7-10-23(29-22)19-25(27(33)34)28(3,4)5/h6-13,18-20H,14-17H2,1-5H3,(H,33,34). The second-order valence-electron chi connectivity index (χ2n) is 9.97. The number of allylic oxidation sites excluding steroid dienone is 1. The zero-order valence-corrected chi connectivity index (χ0v) is 20.8. The van der Waals surface area contributed by atoms with Crippen LogP contribution in [0.3, 0.4) is 0 Å². The van der Waals surface area contributed by atoms with Gasteiger partial charge in [0.2, 0.25) is 0 Å². The molecule has 6 heteroatoms. The zero-order valence-electron chi connectivity index (χ0n) is 20.8. The van der Waals surface area contributed by atoms with Gasteiger partial charge in [-0.3, -0.25) is 9.69 Å². The van der Waals surface area contributed by atoms with Crippen LogP contribution in [0.25, 0.3) is 12.2 Å². The van der Waals surface area contributed by atoms with Crippen molar-refractivity contribution in [3.05, 3.63) is 71.1 Å². The Morgan fingerprint density at radius 2 is 1.65 bits per heavy atom. The van der Waals surface area contributed by atoms with E-state index in [0.717, 1.165) is 31.9 Å². The van der Waals surface area contributed by atoms with E-state index in [9.17, 15) is 14.7 Å². The van der Waals surface area contributed by atoms with E-state index in [1.165, 1.54) is 6.08 Å². The number of anilines is 1. The molecule has 1 aromatic heterocycles. The van der Waals surface area contributed by atoms with Crippen molar-refractivity contribution >= 4 is 29.6 Å². The maximum absolute atomic E-state index is 12.8. The molecule has 1 aliphatic heterocycles. The molecule has 1 saturated heterocycles. The van der Waals surface area contributed by atoms with Gasteiger partial charge in [0.1, 0.15) is 0 Å². The Hall–Kier alpha value is -3.25. The number of rotatable bonds is 7. The summed E-state index contributed by atoms with van der Waals surface area (Å²) >= 11 is 0. The molecule has 1 fully saturated rings. The quantitative estimate of drug-likeness (QED) is 0.461. The highest BCUT2D eigenvalue weighted by molar-refractivity contribution is 6.07. The molecule has 1 N–H and O–H groups in total. The summed E-state index contributed by atoms with van der Waals surface area (Å²) in [6, 6.07) is 13.7. The molecule has 1 aromatic carbocycles. The average Bonchev–Trinajstić information content (AvgIpc) is 2.80. The highest BCUT2D eigenvalue weighted by Gasteiger charge is 2.23. The molecule has 0 saturated carbocycles. The fourth-order valence-electron chi connectivity index (χ4n) is 4.00. The Labute approximate surface area is 202 Å². The molecule has 0 spiro atoms. The minimum absolute atomic E-state index is 0.0914. The molecule has 0 amide bonds. The van der Waals surface area contributed by atoms with E-state index in [-0.39, 0.29) is 11.4 Å². The van der Waals surface area contributed by atoms with E-state index in [0.29, 0.717) is 23.0 Å². The van der Waals surface area contributed by atoms with Gasteiger partial charge < -0.3 is 10.0 Å². The first-order valence-electron chi connectivity index (χ1n) is 11.8. The third-order valence-electron chi connectivity index (χ3n) is 6.07. The van der Waals surface area contributed by atoms with Gasteiger partial charge in [0, 0.05) is 49.0 Å². The summed E-state index contributed by atoms with van der Waals surface area (Å²) in [4.78, 5) is 33.8. The van der Waals surface area contributed by atoms with Crippen LogP contribution in [0.1, 0.15) is 56.4 Å². The lowest BCUT2D eigenvalue weighted by atomic mass is 9.86. The van der Waals surface area contributed by atoms with Crippen molar-refractivity contribution in [1.82, 2.24) is 9.88 Å². The number of carboxylic acid groups (broad SMARTS) is 1. The normalized spacial score (nSPS) is 15.8. The van der Waals surface area contributed by atoms with Crippen molar-refractivity contribution < 1.29 is 14.7 Å². The van der Waals surface area contributed by atoms with Crippen molar-refractivity contribution in [3.63, 3.8) is 0 Å². The molecule has 2 heterocycles. The summed E-state index contributed by atoms with van der Waals surface area (Å²) in [5.74, 6) is -1.05. The Kier molecular flexibility index (Phi) is 8.05. The van der Waals surface area contributed by atoms with E-state index in [2.05, 4.69) is 34.7 Å². The molecule has 6 nitrogen and oxygen atoms in total. The topological polar surface area (TPSA) is 73.7 Å². The third kappa shape index (κ3) is 6.64. The summed E-state index contributed by atoms with van der Waals surface area (Å²) in [7, 11) is 0. The lowest BCUT2D eigenvalue weighted by molar-refractivity contribution is -0.133.